The molecular formula is C19H23N5O2S. The second-order valence-corrected chi connectivity index (χ2v) is 8.50. The van der Waals surface area contributed by atoms with Gasteiger partial charge in [-0.25, -0.2) is 15.0 Å². The van der Waals surface area contributed by atoms with Gasteiger partial charge in [-0.15, -0.1) is 11.3 Å². The van der Waals surface area contributed by atoms with E-state index in [1.54, 1.807) is 23.7 Å². The largest absolute Gasteiger partial charge is 0.390 e. The Labute approximate surface area is 161 Å². The predicted molar refractivity (Wildman–Crippen MR) is 103 cm³/mol. The number of aliphatic hydroxyl groups excluding tert-OH is 2. The summed E-state index contributed by atoms with van der Waals surface area (Å²) in [6.07, 6.45) is 8.61. The molecule has 5 rings (SSSR count). The van der Waals surface area contributed by atoms with E-state index in [0.717, 1.165) is 54.0 Å². The Morgan fingerprint density at radius 1 is 1.22 bits per heavy atom. The average molecular weight is 385 g/mol. The third-order valence-corrected chi connectivity index (χ3v) is 6.96. The second-order valence-electron chi connectivity index (χ2n) is 7.60. The van der Waals surface area contributed by atoms with Gasteiger partial charge in [-0.2, -0.15) is 0 Å². The molecule has 0 bridgehead atoms. The lowest BCUT2D eigenvalue weighted by atomic mass is 9.83. The SMILES string of the molecule is O[C@@H]1[C@H](O)[C@@H]([C@@H]2CCCNC2)C[C@H]1n1cc(-c2nccs2)c2cncnc21. The molecule has 0 aromatic carbocycles. The Hall–Kier alpha value is -1.87. The van der Waals surface area contributed by atoms with Gasteiger partial charge in [-0.1, -0.05) is 0 Å². The van der Waals surface area contributed by atoms with Gasteiger partial charge in [-0.05, 0) is 44.2 Å². The van der Waals surface area contributed by atoms with Crippen LogP contribution in [0, 0.1) is 11.8 Å². The molecule has 2 fully saturated rings. The summed E-state index contributed by atoms with van der Waals surface area (Å²) in [5.41, 5.74) is 1.76. The van der Waals surface area contributed by atoms with Crippen LogP contribution in [-0.2, 0) is 0 Å². The number of fused-ring (bicyclic) bond motifs is 1. The summed E-state index contributed by atoms with van der Waals surface area (Å²) in [7, 11) is 0. The summed E-state index contributed by atoms with van der Waals surface area (Å²) in [6, 6.07) is -0.196. The molecule has 7 nitrogen and oxygen atoms in total. The Balaban J connectivity index is 1.53. The lowest BCUT2D eigenvalue weighted by molar-refractivity contribution is -0.00692. The van der Waals surface area contributed by atoms with Gasteiger partial charge in [0.25, 0.3) is 0 Å². The molecule has 1 saturated heterocycles. The fraction of sp³-hybridized carbons (Fsp3) is 0.526. The summed E-state index contributed by atoms with van der Waals surface area (Å²) in [6.45, 7) is 1.96. The van der Waals surface area contributed by atoms with Crippen LogP contribution in [0.1, 0.15) is 25.3 Å². The van der Waals surface area contributed by atoms with Crippen LogP contribution in [0.15, 0.2) is 30.3 Å². The number of nitrogens with one attached hydrogen (secondary N) is 1. The van der Waals surface area contributed by atoms with Crippen molar-refractivity contribution in [2.24, 2.45) is 11.8 Å². The van der Waals surface area contributed by atoms with Gasteiger partial charge in [0, 0.05) is 34.9 Å². The topological polar surface area (TPSA) is 96.1 Å². The summed E-state index contributed by atoms with van der Waals surface area (Å²) < 4.78 is 2.03. The number of thiazole rings is 1. The molecule has 0 spiro atoms. The van der Waals surface area contributed by atoms with Gasteiger partial charge in [-0.3, -0.25) is 0 Å². The molecular weight excluding hydrogens is 362 g/mol. The molecule has 0 amide bonds. The summed E-state index contributed by atoms with van der Waals surface area (Å²) >= 11 is 1.57. The number of rotatable bonds is 3. The van der Waals surface area contributed by atoms with E-state index in [4.69, 9.17) is 0 Å². The van der Waals surface area contributed by atoms with E-state index < -0.39 is 12.2 Å². The van der Waals surface area contributed by atoms with E-state index in [-0.39, 0.29) is 12.0 Å². The molecule has 5 atom stereocenters. The minimum Gasteiger partial charge on any atom is -0.390 e. The van der Waals surface area contributed by atoms with Crippen LogP contribution in [0.5, 0.6) is 0 Å². The molecule has 8 heteroatoms. The molecule has 4 heterocycles. The number of hydrogen-bond donors (Lipinski definition) is 3. The highest BCUT2D eigenvalue weighted by Crippen LogP contribution is 2.43. The number of piperidine rings is 1. The van der Waals surface area contributed by atoms with Crippen LogP contribution in [-0.4, -0.2) is 55.0 Å². The van der Waals surface area contributed by atoms with Crippen LogP contribution < -0.4 is 5.32 Å². The highest BCUT2D eigenvalue weighted by Gasteiger charge is 2.46. The fourth-order valence-corrected chi connectivity index (χ4v) is 5.46. The first-order valence-corrected chi connectivity index (χ1v) is 10.4. The van der Waals surface area contributed by atoms with Crippen molar-refractivity contribution in [3.05, 3.63) is 30.3 Å². The average Bonchev–Trinajstić information content (AvgIpc) is 3.42. The summed E-state index contributed by atoms with van der Waals surface area (Å²) in [5, 5.41) is 28.8. The molecule has 3 N–H and O–H groups in total. The minimum absolute atomic E-state index is 0.0976. The third-order valence-electron chi connectivity index (χ3n) is 6.15. The van der Waals surface area contributed by atoms with Crippen molar-refractivity contribution in [2.45, 2.75) is 37.5 Å². The van der Waals surface area contributed by atoms with Gasteiger partial charge < -0.3 is 20.1 Å². The van der Waals surface area contributed by atoms with Gasteiger partial charge in [0.15, 0.2) is 0 Å². The highest BCUT2D eigenvalue weighted by atomic mass is 32.1. The Kier molecular flexibility index (Phi) is 4.43. The Bertz CT molecular complexity index is 921. The number of aromatic nitrogens is 4. The quantitative estimate of drug-likeness (QED) is 0.637. The zero-order valence-electron chi connectivity index (χ0n) is 14.9. The van der Waals surface area contributed by atoms with E-state index >= 15 is 0 Å². The predicted octanol–water partition coefficient (Wildman–Crippen LogP) is 1.84. The normalized spacial score (nSPS) is 31.6. The number of nitrogens with zero attached hydrogens (tertiary/aromatic N) is 4. The van der Waals surface area contributed by atoms with Crippen LogP contribution in [0.25, 0.3) is 21.6 Å². The third kappa shape index (κ3) is 2.87. The van der Waals surface area contributed by atoms with Gasteiger partial charge in [0.2, 0.25) is 0 Å². The monoisotopic (exact) mass is 385 g/mol. The van der Waals surface area contributed by atoms with Crippen LogP contribution in [0.4, 0.5) is 0 Å². The number of aliphatic hydroxyl groups is 2. The molecule has 1 aliphatic carbocycles. The standard InChI is InChI=1S/C19H23N5O2S/c25-16-12(11-2-1-3-20-7-11)6-15(17(16)26)24-9-14(19-22-4-5-27-19)13-8-21-10-23-18(13)24/h4-5,8-12,15-17,20,25-26H,1-3,6-7H2/t11-,12-,15-,16-,17+/m1/s1. The zero-order chi connectivity index (χ0) is 18.4. The molecule has 3 aromatic rings. The minimum atomic E-state index is -0.799. The Morgan fingerprint density at radius 2 is 2.15 bits per heavy atom. The molecule has 142 valence electrons. The Morgan fingerprint density at radius 3 is 2.93 bits per heavy atom. The highest BCUT2D eigenvalue weighted by molar-refractivity contribution is 7.13. The maximum Gasteiger partial charge on any atom is 0.144 e. The molecule has 1 saturated carbocycles. The maximum absolute atomic E-state index is 10.9. The molecule has 3 aromatic heterocycles. The molecule has 0 radical (unpaired) electrons. The number of hydrogen-bond acceptors (Lipinski definition) is 7. The van der Waals surface area contributed by atoms with Crippen molar-refractivity contribution in [1.29, 1.82) is 0 Å². The van der Waals surface area contributed by atoms with E-state index in [1.165, 1.54) is 6.33 Å². The lowest BCUT2D eigenvalue weighted by Crippen LogP contribution is -2.39. The first-order valence-electron chi connectivity index (χ1n) is 9.51. The zero-order valence-corrected chi connectivity index (χ0v) is 15.7. The van der Waals surface area contributed by atoms with Crippen molar-refractivity contribution in [2.75, 3.05) is 13.1 Å². The van der Waals surface area contributed by atoms with Crippen LogP contribution in [0.2, 0.25) is 0 Å². The summed E-state index contributed by atoms with van der Waals surface area (Å²) in [5.74, 6) is 0.503. The first kappa shape index (κ1) is 17.2. The van der Waals surface area contributed by atoms with Crippen molar-refractivity contribution >= 4 is 22.4 Å². The van der Waals surface area contributed by atoms with Crippen LogP contribution in [0.3, 0.4) is 0 Å². The molecule has 27 heavy (non-hydrogen) atoms. The van der Waals surface area contributed by atoms with Crippen LogP contribution >= 0.6 is 11.3 Å². The van der Waals surface area contributed by atoms with Gasteiger partial charge >= 0.3 is 0 Å². The fourth-order valence-electron chi connectivity index (χ4n) is 4.80. The van der Waals surface area contributed by atoms with E-state index in [1.807, 2.05) is 16.1 Å². The molecule has 1 aliphatic heterocycles. The summed E-state index contributed by atoms with van der Waals surface area (Å²) in [4.78, 5) is 13.1. The second kappa shape index (κ2) is 6.94. The van der Waals surface area contributed by atoms with Crippen molar-refractivity contribution in [3.8, 4) is 10.6 Å². The van der Waals surface area contributed by atoms with E-state index in [2.05, 4.69) is 20.3 Å². The van der Waals surface area contributed by atoms with Crippen molar-refractivity contribution in [1.82, 2.24) is 24.8 Å². The van der Waals surface area contributed by atoms with Gasteiger partial charge in [0.05, 0.1) is 12.1 Å². The van der Waals surface area contributed by atoms with E-state index in [9.17, 15) is 10.2 Å². The van der Waals surface area contributed by atoms with Crippen molar-refractivity contribution < 1.29 is 10.2 Å². The van der Waals surface area contributed by atoms with Gasteiger partial charge in [0.1, 0.15) is 23.1 Å². The molecule has 0 unspecified atom stereocenters. The molecule has 2 aliphatic rings. The first-order chi connectivity index (χ1) is 13.2. The van der Waals surface area contributed by atoms with E-state index in [0.29, 0.717) is 5.92 Å². The lowest BCUT2D eigenvalue weighted by Gasteiger charge is -2.30. The smallest absolute Gasteiger partial charge is 0.144 e. The van der Waals surface area contributed by atoms with Crippen molar-refractivity contribution in [3.63, 3.8) is 0 Å². The maximum atomic E-state index is 10.9.